The Hall–Kier alpha value is 0.0169. The molecule has 14 heavy (non-hydrogen) atoms. The van der Waals surface area contributed by atoms with Crippen LogP contribution in [0.25, 0.3) is 0 Å². The number of fused-ring (bicyclic) bond motifs is 6. The summed E-state index contributed by atoms with van der Waals surface area (Å²) >= 11 is 0. The molecule has 2 bridgehead atoms. The van der Waals surface area contributed by atoms with Crippen molar-refractivity contribution in [1.29, 1.82) is 0 Å². The lowest BCUT2D eigenvalue weighted by molar-refractivity contribution is -0.0988. The minimum absolute atomic E-state index is 0.0283. The molecular formula is C8H17NO4Si. The fourth-order valence-electron chi connectivity index (χ4n) is 1.97. The summed E-state index contributed by atoms with van der Waals surface area (Å²) in [7, 11) is -3.33. The highest BCUT2D eigenvalue weighted by Crippen LogP contribution is 2.19. The highest BCUT2D eigenvalue weighted by molar-refractivity contribution is 6.52. The van der Waals surface area contributed by atoms with Crippen molar-refractivity contribution in [1.82, 2.24) is 4.90 Å². The predicted octanol–water partition coefficient (Wildman–Crippen LogP) is -0.430. The van der Waals surface area contributed by atoms with E-state index in [-0.39, 0.29) is 12.2 Å². The molecule has 3 fully saturated rings. The van der Waals surface area contributed by atoms with Crippen LogP contribution in [0.1, 0.15) is 13.8 Å². The predicted molar refractivity (Wildman–Crippen MR) is 51.5 cm³/mol. The van der Waals surface area contributed by atoms with E-state index < -0.39 is 9.05 Å². The molecule has 5 nitrogen and oxygen atoms in total. The largest absolute Gasteiger partial charge is 0.677 e. The molecule has 0 radical (unpaired) electrons. The van der Waals surface area contributed by atoms with Crippen LogP contribution in [0.3, 0.4) is 0 Å². The van der Waals surface area contributed by atoms with E-state index >= 15 is 0 Å². The summed E-state index contributed by atoms with van der Waals surface area (Å²) in [4.78, 5) is 12.2. The molecule has 1 N–H and O–H groups in total. The molecule has 3 saturated heterocycles. The van der Waals surface area contributed by atoms with Gasteiger partial charge in [0.1, 0.15) is 0 Å². The van der Waals surface area contributed by atoms with E-state index in [0.29, 0.717) is 6.61 Å². The van der Waals surface area contributed by atoms with Crippen LogP contribution in [-0.4, -0.2) is 57.2 Å². The highest BCUT2D eigenvalue weighted by Gasteiger charge is 2.47. The van der Waals surface area contributed by atoms with Crippen LogP contribution in [0.4, 0.5) is 0 Å². The van der Waals surface area contributed by atoms with Gasteiger partial charge in [-0.25, -0.2) is 0 Å². The Morgan fingerprint density at radius 1 is 1.21 bits per heavy atom. The molecule has 3 heterocycles. The van der Waals surface area contributed by atoms with Gasteiger partial charge in [-0.2, -0.15) is 0 Å². The van der Waals surface area contributed by atoms with Gasteiger partial charge in [0.25, 0.3) is 0 Å². The molecule has 2 unspecified atom stereocenters. The van der Waals surface area contributed by atoms with Crippen LogP contribution < -0.4 is 0 Å². The number of rotatable bonds is 0. The van der Waals surface area contributed by atoms with E-state index in [0.717, 1.165) is 19.6 Å². The van der Waals surface area contributed by atoms with Crippen LogP contribution in [0.15, 0.2) is 0 Å². The van der Waals surface area contributed by atoms with Gasteiger partial charge in [-0.3, -0.25) is 4.90 Å². The van der Waals surface area contributed by atoms with Gasteiger partial charge < -0.3 is 18.1 Å². The third kappa shape index (κ3) is 2.33. The Balaban J connectivity index is 2.16. The maximum absolute atomic E-state index is 10.00. The van der Waals surface area contributed by atoms with Crippen molar-refractivity contribution in [3.8, 4) is 0 Å². The topological polar surface area (TPSA) is 51.2 Å². The van der Waals surface area contributed by atoms with Crippen LogP contribution in [0.2, 0.25) is 0 Å². The zero-order valence-electron chi connectivity index (χ0n) is 8.60. The van der Waals surface area contributed by atoms with Crippen molar-refractivity contribution >= 4 is 9.05 Å². The molecule has 0 aliphatic carbocycles. The SMILES string of the molecule is CC1CN2CCO[Si](O)(O1)OC(C)C2. The second-order valence-corrected chi connectivity index (χ2v) is 5.80. The molecule has 6 heteroatoms. The molecule has 0 spiro atoms. The third-order valence-electron chi connectivity index (χ3n) is 2.42. The molecule has 0 aromatic heterocycles. The van der Waals surface area contributed by atoms with Crippen molar-refractivity contribution in [2.24, 2.45) is 0 Å². The van der Waals surface area contributed by atoms with Gasteiger partial charge in [-0.15, -0.1) is 0 Å². The van der Waals surface area contributed by atoms with Gasteiger partial charge >= 0.3 is 9.05 Å². The van der Waals surface area contributed by atoms with Gasteiger partial charge in [-0.1, -0.05) is 0 Å². The number of nitrogens with zero attached hydrogens (tertiary/aromatic N) is 1. The normalized spacial score (nSPS) is 49.5. The maximum Gasteiger partial charge on any atom is 0.677 e. The summed E-state index contributed by atoms with van der Waals surface area (Å²) in [5.74, 6) is 0. The van der Waals surface area contributed by atoms with Crippen LogP contribution in [0, 0.1) is 0 Å². The number of hydrogen-bond donors (Lipinski definition) is 1. The first-order chi connectivity index (χ1) is 6.57. The lowest BCUT2D eigenvalue weighted by atomic mass is 10.3. The van der Waals surface area contributed by atoms with Crippen LogP contribution >= 0.6 is 0 Å². The van der Waals surface area contributed by atoms with Crippen molar-refractivity contribution in [2.75, 3.05) is 26.2 Å². The lowest BCUT2D eigenvalue weighted by Crippen LogP contribution is -2.59. The molecule has 0 aromatic rings. The molecule has 0 aromatic carbocycles. The second-order valence-electron chi connectivity index (χ2n) is 3.99. The van der Waals surface area contributed by atoms with E-state index in [4.69, 9.17) is 13.3 Å². The first kappa shape index (κ1) is 10.5. The average Bonchev–Trinajstić information content (AvgIpc) is 1.96. The molecule has 3 aliphatic rings. The monoisotopic (exact) mass is 219 g/mol. The summed E-state index contributed by atoms with van der Waals surface area (Å²) in [6.45, 7) is 6.87. The summed E-state index contributed by atoms with van der Waals surface area (Å²) in [5.41, 5.74) is 0. The molecule has 2 atom stereocenters. The molecule has 82 valence electrons. The van der Waals surface area contributed by atoms with Crippen molar-refractivity contribution < 1.29 is 18.1 Å². The van der Waals surface area contributed by atoms with E-state index in [1.807, 2.05) is 13.8 Å². The summed E-state index contributed by atoms with van der Waals surface area (Å²) < 4.78 is 16.1. The van der Waals surface area contributed by atoms with E-state index in [1.165, 1.54) is 0 Å². The second kappa shape index (κ2) is 3.88. The van der Waals surface area contributed by atoms with Gasteiger partial charge in [0.05, 0.1) is 18.8 Å². The molecule has 3 aliphatic heterocycles. The van der Waals surface area contributed by atoms with Gasteiger partial charge in [0, 0.05) is 19.6 Å². The Kier molecular flexibility index (Phi) is 2.92. The quantitative estimate of drug-likeness (QED) is 0.560. The Bertz CT molecular complexity index is 202. The van der Waals surface area contributed by atoms with Crippen molar-refractivity contribution in [2.45, 2.75) is 26.1 Å². The minimum Gasteiger partial charge on any atom is -0.367 e. The Morgan fingerprint density at radius 2 is 1.79 bits per heavy atom. The van der Waals surface area contributed by atoms with Crippen molar-refractivity contribution in [3.63, 3.8) is 0 Å². The van der Waals surface area contributed by atoms with Crippen molar-refractivity contribution in [3.05, 3.63) is 0 Å². The van der Waals surface area contributed by atoms with Crippen LogP contribution in [0.5, 0.6) is 0 Å². The smallest absolute Gasteiger partial charge is 0.367 e. The lowest BCUT2D eigenvalue weighted by Gasteiger charge is -2.39. The summed E-state index contributed by atoms with van der Waals surface area (Å²) in [5, 5.41) is 0. The highest BCUT2D eigenvalue weighted by atomic mass is 28.4. The van der Waals surface area contributed by atoms with E-state index in [1.54, 1.807) is 0 Å². The van der Waals surface area contributed by atoms with Gasteiger partial charge in [0.15, 0.2) is 0 Å². The van der Waals surface area contributed by atoms with E-state index in [9.17, 15) is 4.80 Å². The Labute approximate surface area is 85.1 Å². The zero-order chi connectivity index (χ0) is 10.2. The first-order valence-electron chi connectivity index (χ1n) is 5.02. The summed E-state index contributed by atoms with van der Waals surface area (Å²) in [6, 6.07) is 0. The third-order valence-corrected chi connectivity index (χ3v) is 4.39. The van der Waals surface area contributed by atoms with Crippen LogP contribution in [-0.2, 0) is 13.3 Å². The maximum atomic E-state index is 10.00. The van der Waals surface area contributed by atoms with E-state index in [2.05, 4.69) is 4.90 Å². The molecule has 0 amide bonds. The average molecular weight is 219 g/mol. The number of hydrogen-bond acceptors (Lipinski definition) is 5. The van der Waals surface area contributed by atoms with Gasteiger partial charge in [0.2, 0.25) is 0 Å². The first-order valence-corrected chi connectivity index (χ1v) is 6.69. The fraction of sp³-hybridized carbons (Fsp3) is 1.00. The molecular weight excluding hydrogens is 202 g/mol. The van der Waals surface area contributed by atoms with Gasteiger partial charge in [-0.05, 0) is 13.8 Å². The zero-order valence-corrected chi connectivity index (χ0v) is 9.60. The molecule has 3 rings (SSSR count). The standard InChI is InChI=1S/C8H17NO4Si/c1-7-5-9-3-4-11-14(10,12-7)13-8(2)6-9/h7-8,10H,3-6H2,1-2H3. The molecule has 0 saturated carbocycles. The summed E-state index contributed by atoms with van der Waals surface area (Å²) in [6.07, 6.45) is -0.0565. The minimum atomic E-state index is -3.33. The Morgan fingerprint density at radius 3 is 2.36 bits per heavy atom. The fourth-order valence-corrected chi connectivity index (χ4v) is 3.67.